The molecule has 4 nitrogen and oxygen atoms in total. The van der Waals surface area contributed by atoms with Crippen LogP contribution in [0.15, 0.2) is 30.5 Å². The molecule has 2 rings (SSSR count). The lowest BCUT2D eigenvalue weighted by atomic mass is 10.1. The van der Waals surface area contributed by atoms with Gasteiger partial charge in [0.05, 0.1) is 11.1 Å². The molecule has 0 saturated heterocycles. The van der Waals surface area contributed by atoms with Crippen molar-refractivity contribution in [2.75, 3.05) is 5.32 Å². The molecule has 1 heterocycles. The van der Waals surface area contributed by atoms with Crippen LogP contribution in [-0.4, -0.2) is 16.4 Å². The second kappa shape index (κ2) is 6.29. The highest BCUT2D eigenvalue weighted by molar-refractivity contribution is 7.15. The highest BCUT2D eigenvalue weighted by Crippen LogP contribution is 2.30. The van der Waals surface area contributed by atoms with E-state index in [0.29, 0.717) is 11.6 Å². The second-order valence-electron chi connectivity index (χ2n) is 5.68. The van der Waals surface area contributed by atoms with E-state index in [1.807, 2.05) is 0 Å². The number of carbonyl (C=O) groups is 1. The highest BCUT2D eigenvalue weighted by Gasteiger charge is 2.30. The van der Waals surface area contributed by atoms with Crippen LogP contribution >= 0.6 is 11.3 Å². The van der Waals surface area contributed by atoms with Crippen LogP contribution in [0.4, 0.5) is 18.3 Å². The lowest BCUT2D eigenvalue weighted by molar-refractivity contribution is -0.137. The third-order valence-corrected chi connectivity index (χ3v) is 3.93. The summed E-state index contributed by atoms with van der Waals surface area (Å²) in [4.78, 5) is 16.7. The van der Waals surface area contributed by atoms with Gasteiger partial charge < -0.3 is 11.1 Å². The summed E-state index contributed by atoms with van der Waals surface area (Å²) >= 11 is 1.26. The summed E-state index contributed by atoms with van der Waals surface area (Å²) in [7, 11) is 0. The van der Waals surface area contributed by atoms with Crippen LogP contribution in [0.2, 0.25) is 0 Å². The molecule has 0 aliphatic rings. The summed E-state index contributed by atoms with van der Waals surface area (Å²) in [5.41, 5.74) is 4.72. The molecule has 23 heavy (non-hydrogen) atoms. The molecular formula is C15H16F3N3OS. The van der Waals surface area contributed by atoms with Gasteiger partial charge in [0.15, 0.2) is 5.13 Å². The number of thiazole rings is 1. The van der Waals surface area contributed by atoms with E-state index in [-0.39, 0.29) is 5.91 Å². The molecule has 8 heteroatoms. The molecule has 0 atom stereocenters. The van der Waals surface area contributed by atoms with Crippen molar-refractivity contribution in [3.05, 3.63) is 46.5 Å². The zero-order chi connectivity index (χ0) is 17.3. The summed E-state index contributed by atoms with van der Waals surface area (Å²) in [6, 6.07) is 4.97. The highest BCUT2D eigenvalue weighted by atomic mass is 32.1. The number of nitrogens with one attached hydrogen (secondary N) is 1. The fourth-order valence-corrected chi connectivity index (χ4v) is 2.56. The Bertz CT molecular complexity index is 687. The lowest BCUT2D eigenvalue weighted by Gasteiger charge is -2.16. The van der Waals surface area contributed by atoms with Crippen molar-refractivity contribution in [3.8, 4) is 0 Å². The molecule has 0 unspecified atom stereocenters. The van der Waals surface area contributed by atoms with Gasteiger partial charge in [-0.25, -0.2) is 4.98 Å². The Balaban J connectivity index is 2.03. The predicted molar refractivity (Wildman–Crippen MR) is 83.3 cm³/mol. The summed E-state index contributed by atoms with van der Waals surface area (Å²) in [6.07, 6.45) is -2.31. The van der Waals surface area contributed by atoms with Gasteiger partial charge in [0.25, 0.3) is 0 Å². The van der Waals surface area contributed by atoms with Crippen LogP contribution in [0.3, 0.4) is 0 Å². The first-order valence-electron chi connectivity index (χ1n) is 6.77. The van der Waals surface area contributed by atoms with Crippen molar-refractivity contribution in [2.24, 2.45) is 5.73 Å². The van der Waals surface area contributed by atoms with Gasteiger partial charge in [0, 0.05) is 17.5 Å². The zero-order valence-corrected chi connectivity index (χ0v) is 13.4. The van der Waals surface area contributed by atoms with E-state index in [0.717, 1.165) is 22.6 Å². The van der Waals surface area contributed by atoms with Gasteiger partial charge in [-0.1, -0.05) is 12.1 Å². The van der Waals surface area contributed by atoms with Crippen molar-refractivity contribution in [1.82, 2.24) is 4.98 Å². The van der Waals surface area contributed by atoms with Crippen molar-refractivity contribution >= 4 is 22.4 Å². The Labute approximate surface area is 135 Å². The van der Waals surface area contributed by atoms with Crippen LogP contribution in [-0.2, 0) is 17.4 Å². The number of carbonyl (C=O) groups excluding carboxylic acids is 1. The summed E-state index contributed by atoms with van der Waals surface area (Å²) < 4.78 is 37.5. The Hall–Kier alpha value is -1.93. The molecule has 3 N–H and O–H groups in total. The summed E-state index contributed by atoms with van der Waals surface area (Å²) in [5.74, 6) is -0.354. The predicted octanol–water partition coefficient (Wildman–Crippen LogP) is 3.43. The van der Waals surface area contributed by atoms with Gasteiger partial charge in [0.1, 0.15) is 0 Å². The smallest absolute Gasteiger partial charge is 0.318 e. The van der Waals surface area contributed by atoms with E-state index < -0.39 is 17.3 Å². The first-order valence-corrected chi connectivity index (χ1v) is 7.58. The average molecular weight is 343 g/mol. The number of benzene rings is 1. The minimum absolute atomic E-state index is 0.354. The standard InChI is InChI=1S/C15H16F3N3OS/c1-14(2,19)12(22)21-13-20-8-11(23-13)7-9-3-5-10(6-4-9)15(16,17)18/h3-6,8H,7,19H2,1-2H3,(H,20,21,22). The van der Waals surface area contributed by atoms with Crippen molar-refractivity contribution < 1.29 is 18.0 Å². The van der Waals surface area contributed by atoms with Gasteiger partial charge >= 0.3 is 6.18 Å². The quantitative estimate of drug-likeness (QED) is 0.894. The second-order valence-corrected chi connectivity index (χ2v) is 6.79. The van der Waals surface area contributed by atoms with E-state index in [1.54, 1.807) is 20.0 Å². The molecule has 0 fully saturated rings. The first-order chi connectivity index (χ1) is 10.6. The first kappa shape index (κ1) is 17.4. The van der Waals surface area contributed by atoms with E-state index in [1.165, 1.54) is 23.5 Å². The average Bonchev–Trinajstić information content (AvgIpc) is 2.84. The molecule has 0 spiro atoms. The summed E-state index contributed by atoms with van der Waals surface area (Å²) in [6.45, 7) is 3.16. The lowest BCUT2D eigenvalue weighted by Crippen LogP contribution is -2.45. The van der Waals surface area contributed by atoms with Gasteiger partial charge in [-0.05, 0) is 31.5 Å². The van der Waals surface area contributed by atoms with Crippen molar-refractivity contribution in [3.63, 3.8) is 0 Å². The van der Waals surface area contributed by atoms with E-state index in [4.69, 9.17) is 5.73 Å². The Morgan fingerprint density at radius 3 is 2.39 bits per heavy atom. The Kier molecular flexibility index (Phi) is 4.76. The topological polar surface area (TPSA) is 68.0 Å². The van der Waals surface area contributed by atoms with Gasteiger partial charge in [-0.3, -0.25) is 4.79 Å². The maximum Gasteiger partial charge on any atom is 0.416 e. The van der Waals surface area contributed by atoms with Gasteiger partial charge in [0.2, 0.25) is 5.91 Å². The number of nitrogens with zero attached hydrogens (tertiary/aromatic N) is 1. The fourth-order valence-electron chi connectivity index (χ4n) is 1.72. The van der Waals surface area contributed by atoms with E-state index in [2.05, 4.69) is 10.3 Å². The van der Waals surface area contributed by atoms with Crippen LogP contribution in [0, 0.1) is 0 Å². The fraction of sp³-hybridized carbons (Fsp3) is 0.333. The normalized spacial score (nSPS) is 12.3. The maximum absolute atomic E-state index is 12.5. The van der Waals surface area contributed by atoms with Crippen LogP contribution in [0.5, 0.6) is 0 Å². The Morgan fingerprint density at radius 1 is 1.26 bits per heavy atom. The number of hydrogen-bond donors (Lipinski definition) is 2. The molecule has 2 aromatic rings. The van der Waals surface area contributed by atoms with Crippen LogP contribution in [0.1, 0.15) is 29.9 Å². The van der Waals surface area contributed by atoms with Gasteiger partial charge in [-0.15, -0.1) is 11.3 Å². The molecular weight excluding hydrogens is 327 g/mol. The Morgan fingerprint density at radius 2 is 1.87 bits per heavy atom. The molecule has 0 bridgehead atoms. The number of rotatable bonds is 4. The molecule has 1 amide bonds. The zero-order valence-electron chi connectivity index (χ0n) is 12.6. The number of aromatic nitrogens is 1. The molecule has 0 radical (unpaired) electrons. The molecule has 1 aromatic heterocycles. The monoisotopic (exact) mass is 343 g/mol. The summed E-state index contributed by atoms with van der Waals surface area (Å²) in [5, 5.41) is 3.02. The molecule has 1 aromatic carbocycles. The molecule has 0 saturated carbocycles. The maximum atomic E-state index is 12.5. The van der Waals surface area contributed by atoms with E-state index >= 15 is 0 Å². The van der Waals surface area contributed by atoms with Gasteiger partial charge in [-0.2, -0.15) is 13.2 Å². The third kappa shape index (κ3) is 4.77. The van der Waals surface area contributed by atoms with Crippen LogP contribution in [0.25, 0.3) is 0 Å². The van der Waals surface area contributed by atoms with Crippen molar-refractivity contribution in [2.45, 2.75) is 32.0 Å². The number of amides is 1. The number of nitrogens with two attached hydrogens (primary N) is 1. The largest absolute Gasteiger partial charge is 0.416 e. The number of alkyl halides is 3. The van der Waals surface area contributed by atoms with Crippen molar-refractivity contribution in [1.29, 1.82) is 0 Å². The number of halogens is 3. The number of hydrogen-bond acceptors (Lipinski definition) is 4. The SMILES string of the molecule is CC(C)(N)C(=O)Nc1ncc(Cc2ccc(C(F)(F)F)cc2)s1. The molecule has 124 valence electrons. The van der Waals surface area contributed by atoms with E-state index in [9.17, 15) is 18.0 Å². The third-order valence-electron chi connectivity index (χ3n) is 3.02. The molecule has 0 aliphatic carbocycles. The minimum Gasteiger partial charge on any atom is -0.318 e. The van der Waals surface area contributed by atoms with Crippen LogP contribution < -0.4 is 11.1 Å². The minimum atomic E-state index is -4.34. The molecule has 0 aliphatic heterocycles. The number of anilines is 1.